The monoisotopic (exact) mass is 163 g/mol. The van der Waals surface area contributed by atoms with Crippen molar-refractivity contribution in [1.82, 2.24) is 4.98 Å². The molecule has 2 heteroatoms. The van der Waals surface area contributed by atoms with Crippen molar-refractivity contribution in [3.05, 3.63) is 36.2 Å². The zero-order valence-corrected chi connectivity index (χ0v) is 7.36. The van der Waals surface area contributed by atoms with E-state index < -0.39 is 5.60 Å². The third-order valence-corrected chi connectivity index (χ3v) is 1.37. The average Bonchev–Trinajstić information content (AvgIpc) is 2.02. The summed E-state index contributed by atoms with van der Waals surface area (Å²) in [6, 6.07) is 3.80. The molecule has 0 spiro atoms. The van der Waals surface area contributed by atoms with Crippen LogP contribution in [0.15, 0.2) is 30.6 Å². The van der Waals surface area contributed by atoms with E-state index in [0.29, 0.717) is 0 Å². The first-order chi connectivity index (χ1) is 5.58. The van der Waals surface area contributed by atoms with Gasteiger partial charge in [0.05, 0.1) is 5.60 Å². The zero-order valence-electron chi connectivity index (χ0n) is 7.36. The van der Waals surface area contributed by atoms with Crippen LogP contribution in [0.1, 0.15) is 19.4 Å². The van der Waals surface area contributed by atoms with Crippen molar-refractivity contribution in [3.63, 3.8) is 0 Å². The van der Waals surface area contributed by atoms with Crippen molar-refractivity contribution in [2.45, 2.75) is 19.4 Å². The molecule has 0 saturated heterocycles. The lowest BCUT2D eigenvalue weighted by molar-refractivity contribution is 0.134. The van der Waals surface area contributed by atoms with Crippen LogP contribution < -0.4 is 0 Å². The van der Waals surface area contributed by atoms with Gasteiger partial charge in [-0.05, 0) is 25.5 Å². The maximum Gasteiger partial charge on any atom is 0.0774 e. The second-order valence-corrected chi connectivity index (χ2v) is 3.27. The van der Waals surface area contributed by atoms with Crippen molar-refractivity contribution in [1.29, 1.82) is 0 Å². The molecule has 0 aromatic carbocycles. The smallest absolute Gasteiger partial charge is 0.0774 e. The maximum atomic E-state index is 9.37. The normalized spacial score (nSPS) is 12.2. The van der Waals surface area contributed by atoms with Crippen LogP contribution in [-0.2, 0) is 0 Å². The van der Waals surface area contributed by atoms with Crippen LogP contribution in [0.2, 0.25) is 0 Å². The number of pyridine rings is 1. The Balaban J connectivity index is 2.71. The second kappa shape index (κ2) is 3.50. The Hall–Kier alpha value is -1.15. The van der Waals surface area contributed by atoms with Crippen LogP contribution in [0.5, 0.6) is 0 Å². The van der Waals surface area contributed by atoms with E-state index in [1.807, 2.05) is 18.2 Å². The van der Waals surface area contributed by atoms with Crippen molar-refractivity contribution in [2.24, 2.45) is 0 Å². The molecule has 0 amide bonds. The Morgan fingerprint density at radius 1 is 1.50 bits per heavy atom. The van der Waals surface area contributed by atoms with Gasteiger partial charge in [0.1, 0.15) is 0 Å². The standard InChI is InChI=1S/C10H13NO/c1-10(2,12)6-5-9-4-3-7-11-8-9/h3-8,12H,1-2H3/b6-5+. The minimum absolute atomic E-state index is 0.754. The minimum Gasteiger partial charge on any atom is -0.386 e. The number of nitrogens with zero attached hydrogens (tertiary/aromatic N) is 1. The number of aliphatic hydroxyl groups is 1. The molecule has 0 atom stereocenters. The Morgan fingerprint density at radius 2 is 2.25 bits per heavy atom. The van der Waals surface area contributed by atoms with Gasteiger partial charge >= 0.3 is 0 Å². The Morgan fingerprint density at radius 3 is 2.75 bits per heavy atom. The zero-order chi connectivity index (χ0) is 9.03. The van der Waals surface area contributed by atoms with Gasteiger partial charge in [0.25, 0.3) is 0 Å². The first kappa shape index (κ1) is 8.94. The summed E-state index contributed by atoms with van der Waals surface area (Å²) in [5.74, 6) is 0. The predicted octanol–water partition coefficient (Wildman–Crippen LogP) is 1.87. The van der Waals surface area contributed by atoms with E-state index in [4.69, 9.17) is 0 Å². The van der Waals surface area contributed by atoms with Gasteiger partial charge in [-0.15, -0.1) is 0 Å². The average molecular weight is 163 g/mol. The Labute approximate surface area is 72.6 Å². The van der Waals surface area contributed by atoms with Crippen LogP contribution >= 0.6 is 0 Å². The van der Waals surface area contributed by atoms with Crippen molar-refractivity contribution < 1.29 is 5.11 Å². The van der Waals surface area contributed by atoms with Crippen LogP contribution in [-0.4, -0.2) is 15.7 Å². The van der Waals surface area contributed by atoms with Gasteiger partial charge in [-0.2, -0.15) is 0 Å². The molecule has 64 valence electrons. The van der Waals surface area contributed by atoms with E-state index >= 15 is 0 Å². The highest BCUT2D eigenvalue weighted by atomic mass is 16.3. The summed E-state index contributed by atoms with van der Waals surface area (Å²) >= 11 is 0. The second-order valence-electron chi connectivity index (χ2n) is 3.27. The molecule has 1 aromatic heterocycles. The highest BCUT2D eigenvalue weighted by molar-refractivity contribution is 5.48. The molecule has 0 bridgehead atoms. The molecule has 0 aliphatic carbocycles. The molecule has 0 aliphatic rings. The Bertz CT molecular complexity index is 259. The van der Waals surface area contributed by atoms with Crippen LogP contribution in [0.3, 0.4) is 0 Å². The van der Waals surface area contributed by atoms with Gasteiger partial charge in [-0.25, -0.2) is 0 Å². The molecule has 0 fully saturated rings. The first-order valence-corrected chi connectivity index (χ1v) is 3.89. The van der Waals surface area contributed by atoms with E-state index in [1.54, 1.807) is 32.3 Å². The molecular formula is C10H13NO. The summed E-state index contributed by atoms with van der Waals surface area (Å²) in [6.45, 7) is 3.47. The molecule has 0 aliphatic heterocycles. The number of hydrogen-bond acceptors (Lipinski definition) is 2. The summed E-state index contributed by atoms with van der Waals surface area (Å²) in [5, 5.41) is 9.37. The summed E-state index contributed by atoms with van der Waals surface area (Å²) in [5.41, 5.74) is 0.246. The maximum absolute atomic E-state index is 9.37. The summed E-state index contributed by atoms with van der Waals surface area (Å²) in [4.78, 5) is 3.95. The van der Waals surface area contributed by atoms with Gasteiger partial charge < -0.3 is 5.11 Å². The summed E-state index contributed by atoms with van der Waals surface area (Å²) in [7, 11) is 0. The lowest BCUT2D eigenvalue weighted by Crippen LogP contribution is -2.13. The minimum atomic E-state index is -0.754. The molecule has 12 heavy (non-hydrogen) atoms. The van der Waals surface area contributed by atoms with E-state index in [2.05, 4.69) is 4.98 Å². The fourth-order valence-electron chi connectivity index (χ4n) is 0.775. The van der Waals surface area contributed by atoms with Gasteiger partial charge in [-0.1, -0.05) is 18.2 Å². The number of rotatable bonds is 2. The van der Waals surface area contributed by atoms with E-state index in [0.717, 1.165) is 5.56 Å². The first-order valence-electron chi connectivity index (χ1n) is 3.89. The Kier molecular flexibility index (Phi) is 2.61. The highest BCUT2D eigenvalue weighted by Gasteiger charge is 2.05. The fourth-order valence-corrected chi connectivity index (χ4v) is 0.775. The lowest BCUT2D eigenvalue weighted by Gasteiger charge is -2.09. The largest absolute Gasteiger partial charge is 0.386 e. The molecule has 0 radical (unpaired) electrons. The molecule has 2 nitrogen and oxygen atoms in total. The molecule has 1 aromatic rings. The van der Waals surface area contributed by atoms with Crippen molar-refractivity contribution in [3.8, 4) is 0 Å². The molecule has 0 unspecified atom stereocenters. The lowest BCUT2D eigenvalue weighted by atomic mass is 10.1. The van der Waals surface area contributed by atoms with Crippen LogP contribution in [0, 0.1) is 0 Å². The van der Waals surface area contributed by atoms with Crippen molar-refractivity contribution >= 4 is 6.08 Å². The van der Waals surface area contributed by atoms with E-state index in [-0.39, 0.29) is 0 Å². The van der Waals surface area contributed by atoms with E-state index in [9.17, 15) is 5.11 Å². The van der Waals surface area contributed by atoms with Crippen LogP contribution in [0.25, 0.3) is 6.08 Å². The predicted molar refractivity (Wildman–Crippen MR) is 49.6 cm³/mol. The molecule has 0 saturated carbocycles. The third kappa shape index (κ3) is 3.30. The number of hydrogen-bond donors (Lipinski definition) is 1. The van der Waals surface area contributed by atoms with Gasteiger partial charge in [-0.3, -0.25) is 4.98 Å². The van der Waals surface area contributed by atoms with Gasteiger partial charge in [0, 0.05) is 12.4 Å². The van der Waals surface area contributed by atoms with E-state index in [1.165, 1.54) is 0 Å². The highest BCUT2D eigenvalue weighted by Crippen LogP contribution is 2.06. The molecular weight excluding hydrogens is 150 g/mol. The third-order valence-electron chi connectivity index (χ3n) is 1.37. The fraction of sp³-hybridized carbons (Fsp3) is 0.300. The summed E-state index contributed by atoms with van der Waals surface area (Å²) in [6.07, 6.45) is 7.07. The molecule has 1 rings (SSSR count). The van der Waals surface area contributed by atoms with Crippen molar-refractivity contribution in [2.75, 3.05) is 0 Å². The van der Waals surface area contributed by atoms with Crippen LogP contribution in [0.4, 0.5) is 0 Å². The van der Waals surface area contributed by atoms with Gasteiger partial charge in [0.2, 0.25) is 0 Å². The topological polar surface area (TPSA) is 33.1 Å². The van der Waals surface area contributed by atoms with Gasteiger partial charge in [0.15, 0.2) is 0 Å². The SMILES string of the molecule is CC(C)(O)/C=C/c1cccnc1. The molecule has 1 N–H and O–H groups in total. The quantitative estimate of drug-likeness (QED) is 0.722. The molecule has 1 heterocycles. The number of aromatic nitrogens is 1. The summed E-state index contributed by atoms with van der Waals surface area (Å²) < 4.78 is 0.